The van der Waals surface area contributed by atoms with Crippen LogP contribution in [0.25, 0.3) is 0 Å². The number of aromatic nitrogens is 3. The third kappa shape index (κ3) is 2.64. The molecular weight excluding hydrogens is 256 g/mol. The molecule has 1 aromatic heterocycles. The molecule has 78 valence electrons. The van der Waals surface area contributed by atoms with Crippen molar-refractivity contribution in [1.29, 1.82) is 0 Å². The predicted molar refractivity (Wildman–Crippen MR) is 61.2 cm³/mol. The number of nitrogens with zero attached hydrogens (tertiary/aromatic N) is 3. The van der Waals surface area contributed by atoms with Gasteiger partial charge < -0.3 is 5.73 Å². The van der Waals surface area contributed by atoms with E-state index in [4.69, 9.17) is 5.73 Å². The highest BCUT2D eigenvalue weighted by molar-refractivity contribution is 9.10. The van der Waals surface area contributed by atoms with Crippen LogP contribution in [0, 0.1) is 0 Å². The van der Waals surface area contributed by atoms with Gasteiger partial charge in [-0.15, -0.1) is 0 Å². The summed E-state index contributed by atoms with van der Waals surface area (Å²) >= 11 is 3.39. The van der Waals surface area contributed by atoms with E-state index in [1.807, 2.05) is 24.3 Å². The van der Waals surface area contributed by atoms with Gasteiger partial charge in [-0.1, -0.05) is 28.1 Å². The molecule has 2 rings (SSSR count). The lowest BCUT2D eigenvalue weighted by Gasteiger charge is -2.00. The highest BCUT2D eigenvalue weighted by Crippen LogP contribution is 2.11. The Labute approximate surface area is 96.3 Å². The van der Waals surface area contributed by atoms with E-state index in [-0.39, 0.29) is 0 Å². The predicted octanol–water partition coefficient (Wildman–Crippen LogP) is 1.55. The Morgan fingerprint density at radius 3 is 2.60 bits per heavy atom. The smallest absolute Gasteiger partial charge is 0.164 e. The summed E-state index contributed by atoms with van der Waals surface area (Å²) in [6.45, 7) is 1.10. The van der Waals surface area contributed by atoms with Gasteiger partial charge in [0.05, 0.1) is 13.1 Å². The van der Waals surface area contributed by atoms with Crippen molar-refractivity contribution >= 4 is 15.9 Å². The fraction of sp³-hybridized carbons (Fsp3) is 0.200. The maximum Gasteiger partial charge on any atom is 0.164 e. The largest absolute Gasteiger partial charge is 0.324 e. The quantitative estimate of drug-likeness (QED) is 0.917. The van der Waals surface area contributed by atoms with Gasteiger partial charge >= 0.3 is 0 Å². The van der Waals surface area contributed by atoms with Crippen LogP contribution >= 0.6 is 15.9 Å². The molecule has 0 aliphatic carbocycles. The maximum absolute atomic E-state index is 5.43. The van der Waals surface area contributed by atoms with E-state index >= 15 is 0 Å². The molecular formula is C10H11BrN4. The van der Waals surface area contributed by atoms with E-state index in [2.05, 4.69) is 26.0 Å². The first-order valence-electron chi connectivity index (χ1n) is 4.61. The molecule has 0 atom stereocenters. The average molecular weight is 267 g/mol. The molecule has 0 bridgehead atoms. The van der Waals surface area contributed by atoms with Crippen molar-refractivity contribution in [3.05, 3.63) is 46.5 Å². The fourth-order valence-electron chi connectivity index (χ4n) is 1.28. The van der Waals surface area contributed by atoms with Crippen molar-refractivity contribution < 1.29 is 0 Å². The second-order valence-corrected chi connectivity index (χ2v) is 4.10. The van der Waals surface area contributed by atoms with Gasteiger partial charge in [0.15, 0.2) is 5.82 Å². The number of hydrogen-bond donors (Lipinski definition) is 1. The van der Waals surface area contributed by atoms with Gasteiger partial charge in [0.25, 0.3) is 0 Å². The summed E-state index contributed by atoms with van der Waals surface area (Å²) in [6, 6.07) is 8.12. The summed E-state index contributed by atoms with van der Waals surface area (Å²) in [5.74, 6) is 0.673. The van der Waals surface area contributed by atoms with E-state index < -0.39 is 0 Å². The average Bonchev–Trinajstić information content (AvgIpc) is 2.69. The first kappa shape index (κ1) is 10.3. The molecule has 1 aromatic carbocycles. The van der Waals surface area contributed by atoms with Crippen molar-refractivity contribution in [2.45, 2.75) is 13.1 Å². The molecule has 0 radical (unpaired) electrons. The van der Waals surface area contributed by atoms with Gasteiger partial charge in [-0.25, -0.2) is 9.67 Å². The van der Waals surface area contributed by atoms with Crippen LogP contribution in [0.2, 0.25) is 0 Å². The molecule has 0 aliphatic heterocycles. The SMILES string of the molecule is NCc1ncn(Cc2ccc(Br)cc2)n1. The summed E-state index contributed by atoms with van der Waals surface area (Å²) in [5.41, 5.74) is 6.62. The first-order valence-corrected chi connectivity index (χ1v) is 5.40. The summed E-state index contributed by atoms with van der Waals surface area (Å²) in [4.78, 5) is 4.07. The molecule has 1 heterocycles. The van der Waals surface area contributed by atoms with Gasteiger partial charge in [0.1, 0.15) is 6.33 Å². The summed E-state index contributed by atoms with van der Waals surface area (Å²) in [6.07, 6.45) is 1.70. The second kappa shape index (κ2) is 4.55. The number of benzene rings is 1. The van der Waals surface area contributed by atoms with Crippen molar-refractivity contribution in [1.82, 2.24) is 14.8 Å². The first-order chi connectivity index (χ1) is 7.28. The van der Waals surface area contributed by atoms with Crippen LogP contribution in [0.15, 0.2) is 35.1 Å². The number of hydrogen-bond acceptors (Lipinski definition) is 3. The van der Waals surface area contributed by atoms with E-state index in [0.29, 0.717) is 12.4 Å². The van der Waals surface area contributed by atoms with Crippen molar-refractivity contribution in [3.63, 3.8) is 0 Å². The zero-order chi connectivity index (χ0) is 10.7. The molecule has 0 amide bonds. The Kier molecular flexibility index (Phi) is 3.13. The Bertz CT molecular complexity index is 435. The lowest BCUT2D eigenvalue weighted by Crippen LogP contribution is -2.03. The summed E-state index contributed by atoms with van der Waals surface area (Å²) < 4.78 is 2.86. The standard InChI is InChI=1S/C10H11BrN4/c11-9-3-1-8(2-4-9)6-15-7-13-10(5-12)14-15/h1-4,7H,5-6,12H2. The van der Waals surface area contributed by atoms with Crippen LogP contribution in [-0.2, 0) is 13.1 Å². The normalized spacial score (nSPS) is 10.5. The minimum absolute atomic E-state index is 0.382. The molecule has 0 unspecified atom stereocenters. The van der Waals surface area contributed by atoms with Crippen LogP contribution in [0.4, 0.5) is 0 Å². The second-order valence-electron chi connectivity index (χ2n) is 3.19. The Morgan fingerprint density at radius 2 is 2.00 bits per heavy atom. The van der Waals surface area contributed by atoms with Gasteiger partial charge in [-0.3, -0.25) is 0 Å². The monoisotopic (exact) mass is 266 g/mol. The number of rotatable bonds is 3. The van der Waals surface area contributed by atoms with E-state index in [0.717, 1.165) is 11.0 Å². The van der Waals surface area contributed by atoms with E-state index in [1.165, 1.54) is 5.56 Å². The van der Waals surface area contributed by atoms with Crippen molar-refractivity contribution in [2.24, 2.45) is 5.73 Å². The Hall–Kier alpha value is -1.20. The Morgan fingerprint density at radius 1 is 1.27 bits per heavy atom. The third-order valence-corrected chi connectivity index (χ3v) is 2.55. The highest BCUT2D eigenvalue weighted by atomic mass is 79.9. The number of nitrogens with two attached hydrogens (primary N) is 1. The molecule has 0 saturated carbocycles. The molecule has 2 aromatic rings. The molecule has 0 fully saturated rings. The Balaban J connectivity index is 2.11. The molecule has 0 saturated heterocycles. The van der Waals surface area contributed by atoms with Crippen LogP contribution in [0.5, 0.6) is 0 Å². The van der Waals surface area contributed by atoms with Crippen LogP contribution < -0.4 is 5.73 Å². The lowest BCUT2D eigenvalue weighted by molar-refractivity contribution is 0.671. The van der Waals surface area contributed by atoms with E-state index in [9.17, 15) is 0 Å². The summed E-state index contributed by atoms with van der Waals surface area (Å²) in [7, 11) is 0. The highest BCUT2D eigenvalue weighted by Gasteiger charge is 1.99. The fourth-order valence-corrected chi connectivity index (χ4v) is 1.54. The van der Waals surface area contributed by atoms with Gasteiger partial charge in [-0.2, -0.15) is 5.10 Å². The van der Waals surface area contributed by atoms with Gasteiger partial charge in [0.2, 0.25) is 0 Å². The lowest BCUT2D eigenvalue weighted by atomic mass is 10.2. The van der Waals surface area contributed by atoms with Gasteiger partial charge in [-0.05, 0) is 17.7 Å². The molecule has 0 aliphatic rings. The zero-order valence-electron chi connectivity index (χ0n) is 8.10. The third-order valence-electron chi connectivity index (χ3n) is 2.02. The van der Waals surface area contributed by atoms with Crippen LogP contribution in [0.3, 0.4) is 0 Å². The van der Waals surface area contributed by atoms with Crippen molar-refractivity contribution in [2.75, 3.05) is 0 Å². The number of halogens is 1. The molecule has 2 N–H and O–H groups in total. The molecule has 0 spiro atoms. The minimum atomic E-state index is 0.382. The summed E-state index contributed by atoms with van der Waals surface area (Å²) in [5, 5.41) is 4.22. The zero-order valence-corrected chi connectivity index (χ0v) is 9.68. The van der Waals surface area contributed by atoms with Crippen molar-refractivity contribution in [3.8, 4) is 0 Å². The molecule has 15 heavy (non-hydrogen) atoms. The minimum Gasteiger partial charge on any atom is -0.324 e. The maximum atomic E-state index is 5.43. The molecule has 5 heteroatoms. The van der Waals surface area contributed by atoms with Crippen LogP contribution in [-0.4, -0.2) is 14.8 Å². The van der Waals surface area contributed by atoms with Gasteiger partial charge in [0, 0.05) is 4.47 Å². The van der Waals surface area contributed by atoms with Crippen LogP contribution in [0.1, 0.15) is 11.4 Å². The topological polar surface area (TPSA) is 56.7 Å². The molecule has 4 nitrogen and oxygen atoms in total. The van der Waals surface area contributed by atoms with E-state index in [1.54, 1.807) is 11.0 Å².